The first-order valence-electron chi connectivity index (χ1n) is 4.82. The molecule has 0 aliphatic carbocycles. The fourth-order valence-corrected chi connectivity index (χ4v) is 2.48. The monoisotopic (exact) mass is 304 g/mol. The molecule has 1 aromatic heterocycles. The fraction of sp³-hybridized carbons (Fsp3) is 0.0909. The van der Waals surface area contributed by atoms with E-state index < -0.39 is 11.0 Å². The zero-order chi connectivity index (χ0) is 12.4. The van der Waals surface area contributed by atoms with Crippen LogP contribution >= 0.6 is 35.3 Å². The number of rotatable bonds is 3. The molecular weight excluding hydrogens is 295 g/mol. The van der Waals surface area contributed by atoms with Gasteiger partial charge in [-0.2, -0.15) is 0 Å². The Hall–Kier alpha value is -1.14. The van der Waals surface area contributed by atoms with Crippen molar-refractivity contribution in [2.24, 2.45) is 5.73 Å². The summed E-state index contributed by atoms with van der Waals surface area (Å²) >= 11 is 7.51. The van der Waals surface area contributed by atoms with Gasteiger partial charge in [0.1, 0.15) is 0 Å². The first kappa shape index (κ1) is 14.9. The summed E-state index contributed by atoms with van der Waals surface area (Å²) in [4.78, 5) is 11.2. The van der Waals surface area contributed by atoms with Crippen LogP contribution in [0.25, 0.3) is 0 Å². The van der Waals surface area contributed by atoms with Crippen molar-refractivity contribution in [3.05, 3.63) is 61.3 Å². The molecule has 2 rings (SSSR count). The lowest BCUT2D eigenvalue weighted by molar-refractivity contribution is -0.384. The van der Waals surface area contributed by atoms with E-state index >= 15 is 0 Å². The van der Waals surface area contributed by atoms with Gasteiger partial charge in [-0.1, -0.05) is 17.7 Å². The maximum atomic E-state index is 10.7. The Morgan fingerprint density at radius 2 is 2.11 bits per heavy atom. The van der Waals surface area contributed by atoms with E-state index in [1.807, 2.05) is 17.5 Å². The molecule has 0 aliphatic heterocycles. The third-order valence-electron chi connectivity index (χ3n) is 2.38. The largest absolute Gasteiger partial charge is 0.320 e. The Balaban J connectivity index is 0.00000162. The summed E-state index contributed by atoms with van der Waals surface area (Å²) in [5.74, 6) is 0. The molecule has 2 aromatic rings. The Labute approximate surface area is 119 Å². The number of nitrogens with two attached hydrogens (primary N) is 1. The van der Waals surface area contributed by atoms with Crippen LogP contribution in [-0.4, -0.2) is 4.92 Å². The normalized spacial score (nSPS) is 11.7. The maximum absolute atomic E-state index is 10.7. The van der Waals surface area contributed by atoms with Gasteiger partial charge in [0.25, 0.3) is 5.69 Å². The molecule has 2 N–H and O–H groups in total. The summed E-state index contributed by atoms with van der Waals surface area (Å²) < 4.78 is 0. The summed E-state index contributed by atoms with van der Waals surface area (Å²) in [5.41, 5.74) is 6.60. The van der Waals surface area contributed by atoms with Gasteiger partial charge >= 0.3 is 0 Å². The summed E-state index contributed by atoms with van der Waals surface area (Å²) in [5, 5.41) is 13.0. The quantitative estimate of drug-likeness (QED) is 0.693. The van der Waals surface area contributed by atoms with Crippen molar-refractivity contribution in [3.8, 4) is 0 Å². The number of thiophene rings is 1. The van der Waals surface area contributed by atoms with Crippen LogP contribution in [0.1, 0.15) is 16.5 Å². The van der Waals surface area contributed by atoms with Crippen molar-refractivity contribution in [2.45, 2.75) is 6.04 Å². The van der Waals surface area contributed by atoms with E-state index in [2.05, 4.69) is 0 Å². The van der Waals surface area contributed by atoms with Crippen molar-refractivity contribution >= 4 is 41.0 Å². The van der Waals surface area contributed by atoms with Gasteiger partial charge in [-0.3, -0.25) is 10.1 Å². The molecule has 1 heterocycles. The molecule has 0 saturated heterocycles. The highest BCUT2D eigenvalue weighted by atomic mass is 35.5. The van der Waals surface area contributed by atoms with Crippen molar-refractivity contribution in [2.75, 3.05) is 0 Å². The highest BCUT2D eigenvalue weighted by molar-refractivity contribution is 7.10. The summed E-state index contributed by atoms with van der Waals surface area (Å²) in [6.45, 7) is 0. The van der Waals surface area contributed by atoms with Crippen LogP contribution in [-0.2, 0) is 0 Å². The van der Waals surface area contributed by atoms with Crippen LogP contribution in [0.15, 0.2) is 35.7 Å². The molecule has 0 amide bonds. The maximum Gasteiger partial charge on any atom is 0.269 e. The highest BCUT2D eigenvalue weighted by Gasteiger charge is 2.17. The smallest absolute Gasteiger partial charge is 0.269 e. The molecule has 0 aliphatic rings. The molecule has 4 nitrogen and oxygen atoms in total. The lowest BCUT2D eigenvalue weighted by Crippen LogP contribution is -2.11. The number of nitro benzene ring substituents is 1. The molecule has 0 unspecified atom stereocenters. The molecule has 0 radical (unpaired) electrons. The average Bonchev–Trinajstić information content (AvgIpc) is 2.81. The SMILES string of the molecule is Cl.N[C@H](c1cccs1)c1cc([N+](=O)[O-])ccc1Cl. The van der Waals surface area contributed by atoms with Crippen molar-refractivity contribution < 1.29 is 4.92 Å². The van der Waals surface area contributed by atoms with Crippen LogP contribution in [0.3, 0.4) is 0 Å². The molecule has 0 bridgehead atoms. The third kappa shape index (κ3) is 3.00. The Morgan fingerprint density at radius 1 is 1.39 bits per heavy atom. The summed E-state index contributed by atoms with van der Waals surface area (Å²) in [7, 11) is 0. The molecule has 0 fully saturated rings. The van der Waals surface area contributed by atoms with Gasteiger partial charge in [0.05, 0.1) is 11.0 Å². The molecule has 1 atom stereocenters. The fourth-order valence-electron chi connectivity index (χ4n) is 1.50. The number of benzene rings is 1. The average molecular weight is 305 g/mol. The second kappa shape index (κ2) is 6.15. The second-order valence-corrected chi connectivity index (χ2v) is 4.84. The van der Waals surface area contributed by atoms with Crippen LogP contribution in [0.2, 0.25) is 5.02 Å². The highest BCUT2D eigenvalue weighted by Crippen LogP contribution is 2.31. The van der Waals surface area contributed by atoms with Gasteiger partial charge in [0.15, 0.2) is 0 Å². The number of halogens is 2. The molecule has 7 heteroatoms. The Morgan fingerprint density at radius 3 is 2.67 bits per heavy atom. The number of hydrogen-bond acceptors (Lipinski definition) is 4. The van der Waals surface area contributed by atoms with Gasteiger partial charge in [-0.05, 0) is 23.1 Å². The van der Waals surface area contributed by atoms with Crippen LogP contribution < -0.4 is 5.73 Å². The number of hydrogen-bond donors (Lipinski definition) is 1. The van der Waals surface area contributed by atoms with Gasteiger partial charge in [-0.25, -0.2) is 0 Å². The van der Waals surface area contributed by atoms with Crippen molar-refractivity contribution in [1.29, 1.82) is 0 Å². The lowest BCUT2D eigenvalue weighted by Gasteiger charge is -2.11. The van der Waals surface area contributed by atoms with E-state index in [9.17, 15) is 10.1 Å². The zero-order valence-corrected chi connectivity index (χ0v) is 11.5. The van der Waals surface area contributed by atoms with Crippen LogP contribution in [0.4, 0.5) is 5.69 Å². The van der Waals surface area contributed by atoms with Gasteiger partial charge in [0.2, 0.25) is 0 Å². The predicted octanol–water partition coefficient (Wildman–Crippen LogP) is 3.78. The van der Waals surface area contributed by atoms with Gasteiger partial charge < -0.3 is 5.73 Å². The summed E-state index contributed by atoms with van der Waals surface area (Å²) in [6.07, 6.45) is 0. The lowest BCUT2D eigenvalue weighted by atomic mass is 10.1. The van der Waals surface area contributed by atoms with E-state index in [4.69, 9.17) is 17.3 Å². The molecule has 96 valence electrons. The molecule has 18 heavy (non-hydrogen) atoms. The van der Waals surface area contributed by atoms with E-state index in [-0.39, 0.29) is 18.1 Å². The van der Waals surface area contributed by atoms with Gasteiger partial charge in [-0.15, -0.1) is 23.7 Å². The van der Waals surface area contributed by atoms with Crippen LogP contribution in [0, 0.1) is 10.1 Å². The Kier molecular flexibility index (Phi) is 5.10. The van der Waals surface area contributed by atoms with E-state index in [1.165, 1.54) is 29.5 Å². The Bertz CT molecular complexity index is 546. The van der Waals surface area contributed by atoms with Crippen molar-refractivity contribution in [1.82, 2.24) is 0 Å². The van der Waals surface area contributed by atoms with Crippen molar-refractivity contribution in [3.63, 3.8) is 0 Å². The van der Waals surface area contributed by atoms with E-state index in [0.29, 0.717) is 10.6 Å². The minimum atomic E-state index is -0.457. The van der Waals surface area contributed by atoms with E-state index in [0.717, 1.165) is 4.88 Å². The van der Waals surface area contributed by atoms with Crippen LogP contribution in [0.5, 0.6) is 0 Å². The number of nitro groups is 1. The zero-order valence-electron chi connectivity index (χ0n) is 9.08. The number of non-ortho nitro benzene ring substituents is 1. The standard InChI is InChI=1S/C11H9ClN2O2S.ClH/c12-9-4-3-7(14(15)16)6-8(9)11(13)10-2-1-5-17-10;/h1-6,11H,13H2;1H/t11-;/m0./s1. The summed E-state index contributed by atoms with van der Waals surface area (Å²) in [6, 6.07) is 7.63. The molecule has 1 aromatic carbocycles. The minimum Gasteiger partial charge on any atom is -0.320 e. The number of nitrogens with zero attached hydrogens (tertiary/aromatic N) is 1. The molecular formula is C11H10Cl2N2O2S. The van der Waals surface area contributed by atoms with E-state index in [1.54, 1.807) is 0 Å². The minimum absolute atomic E-state index is 0. The first-order chi connectivity index (χ1) is 8.09. The first-order valence-corrected chi connectivity index (χ1v) is 6.08. The second-order valence-electron chi connectivity index (χ2n) is 3.46. The molecule has 0 saturated carbocycles. The van der Waals surface area contributed by atoms with Gasteiger partial charge in [0, 0.05) is 22.0 Å². The predicted molar refractivity (Wildman–Crippen MR) is 75.7 cm³/mol. The topological polar surface area (TPSA) is 69.2 Å². The molecule has 0 spiro atoms. The third-order valence-corrected chi connectivity index (χ3v) is 3.67.